The van der Waals surface area contributed by atoms with E-state index in [9.17, 15) is 8.42 Å². The van der Waals surface area contributed by atoms with Crippen LogP contribution in [0, 0.1) is 6.92 Å². The summed E-state index contributed by atoms with van der Waals surface area (Å²) in [6, 6.07) is 7.75. The number of halogens is 1. The third kappa shape index (κ3) is 3.82. The Kier molecular flexibility index (Phi) is 4.06. The molecule has 0 radical (unpaired) electrons. The molecule has 0 unspecified atom stereocenters. The summed E-state index contributed by atoms with van der Waals surface area (Å²) >= 11 is 5.91. The van der Waals surface area contributed by atoms with Crippen molar-refractivity contribution in [3.8, 4) is 0 Å². The van der Waals surface area contributed by atoms with Crippen LogP contribution in [0.5, 0.6) is 0 Å². The number of hydrogen-bond acceptors (Lipinski definition) is 5. The molecule has 7 heteroatoms. The summed E-state index contributed by atoms with van der Waals surface area (Å²) in [4.78, 5) is 8.42. The lowest BCUT2D eigenvalue weighted by Crippen LogP contribution is -2.26. The van der Waals surface area contributed by atoms with Crippen LogP contribution >= 0.6 is 11.6 Å². The summed E-state index contributed by atoms with van der Waals surface area (Å²) in [5, 5.41) is 4.11. The Balaban J connectivity index is 1.80. The maximum Gasteiger partial charge on any atom is 0.224 e. The van der Waals surface area contributed by atoms with Gasteiger partial charge < -0.3 is 5.32 Å². The van der Waals surface area contributed by atoms with Gasteiger partial charge in [-0.3, -0.25) is 0 Å². The second-order valence-electron chi connectivity index (χ2n) is 6.16. The molecule has 1 N–H and O–H groups in total. The van der Waals surface area contributed by atoms with Gasteiger partial charge in [-0.25, -0.2) is 18.4 Å². The zero-order valence-corrected chi connectivity index (χ0v) is 14.6. The third-order valence-corrected chi connectivity index (χ3v) is 5.33. The fourth-order valence-corrected chi connectivity index (χ4v) is 3.60. The van der Waals surface area contributed by atoms with Gasteiger partial charge in [-0.1, -0.05) is 23.7 Å². The normalized spacial score (nSPS) is 16.1. The van der Waals surface area contributed by atoms with Gasteiger partial charge in [-0.2, -0.15) is 0 Å². The topological polar surface area (TPSA) is 72.0 Å². The highest BCUT2D eigenvalue weighted by Gasteiger charge is 2.43. The van der Waals surface area contributed by atoms with Crippen LogP contribution < -0.4 is 5.32 Å². The van der Waals surface area contributed by atoms with E-state index in [0.29, 0.717) is 16.5 Å². The van der Waals surface area contributed by atoms with E-state index in [0.717, 1.165) is 25.5 Å². The number of aromatic nitrogens is 2. The number of anilines is 1. The molecule has 1 aromatic heterocycles. The molecule has 0 atom stereocenters. The molecule has 2 aromatic rings. The fraction of sp³-hybridized carbons (Fsp3) is 0.375. The maximum absolute atomic E-state index is 11.8. The summed E-state index contributed by atoms with van der Waals surface area (Å²) in [5.41, 5.74) is 1.63. The van der Waals surface area contributed by atoms with Crippen LogP contribution in [-0.4, -0.2) is 30.2 Å². The van der Waals surface area contributed by atoms with E-state index in [-0.39, 0.29) is 10.6 Å². The molecule has 1 heterocycles. The largest absolute Gasteiger partial charge is 0.348 e. The van der Waals surface area contributed by atoms with Gasteiger partial charge in [0.15, 0.2) is 14.9 Å². The Labute approximate surface area is 141 Å². The lowest BCUT2D eigenvalue weighted by Gasteiger charge is -2.18. The quantitative estimate of drug-likeness (QED) is 0.838. The highest BCUT2D eigenvalue weighted by Crippen LogP contribution is 2.41. The molecule has 1 aliphatic rings. The monoisotopic (exact) mass is 351 g/mol. The van der Waals surface area contributed by atoms with Crippen molar-refractivity contribution in [3.63, 3.8) is 0 Å². The van der Waals surface area contributed by atoms with Crippen LogP contribution in [0.4, 0.5) is 5.95 Å². The number of aryl methyl sites for hydroxylation is 1. The lowest BCUT2D eigenvalue weighted by molar-refractivity contribution is 0.596. The van der Waals surface area contributed by atoms with Gasteiger partial charge in [-0.15, -0.1) is 0 Å². The van der Waals surface area contributed by atoms with Crippen molar-refractivity contribution in [2.75, 3.05) is 11.6 Å². The SMILES string of the molecule is Cc1cnc(NC2(Cc3ccc(Cl)cc3)CC2)nc1S(C)(=O)=O. The molecule has 5 nitrogen and oxygen atoms in total. The number of benzene rings is 1. The van der Waals surface area contributed by atoms with Crippen LogP contribution in [0.3, 0.4) is 0 Å². The summed E-state index contributed by atoms with van der Waals surface area (Å²) in [5.74, 6) is 0.363. The lowest BCUT2D eigenvalue weighted by atomic mass is 10.0. The van der Waals surface area contributed by atoms with Crippen LogP contribution in [-0.2, 0) is 16.3 Å². The first-order chi connectivity index (χ1) is 10.8. The van der Waals surface area contributed by atoms with Crippen LogP contribution in [0.2, 0.25) is 5.02 Å². The van der Waals surface area contributed by atoms with Gasteiger partial charge in [0.1, 0.15) is 0 Å². The van der Waals surface area contributed by atoms with Gasteiger partial charge in [0.2, 0.25) is 5.95 Å². The van der Waals surface area contributed by atoms with E-state index >= 15 is 0 Å². The van der Waals surface area contributed by atoms with Gasteiger partial charge >= 0.3 is 0 Å². The van der Waals surface area contributed by atoms with Crippen molar-refractivity contribution in [1.29, 1.82) is 0 Å². The van der Waals surface area contributed by atoms with Crippen molar-refractivity contribution in [2.24, 2.45) is 0 Å². The molecule has 0 amide bonds. The molecule has 1 aliphatic carbocycles. The Bertz CT molecular complexity index is 831. The van der Waals surface area contributed by atoms with Gasteiger partial charge in [0.05, 0.1) is 0 Å². The highest BCUT2D eigenvalue weighted by molar-refractivity contribution is 7.90. The minimum absolute atomic E-state index is 0.0808. The van der Waals surface area contributed by atoms with Crippen molar-refractivity contribution < 1.29 is 8.42 Å². The molecule has 0 spiro atoms. The molecule has 122 valence electrons. The Morgan fingerprint density at radius 3 is 2.48 bits per heavy atom. The molecule has 3 rings (SSSR count). The summed E-state index contributed by atoms with van der Waals surface area (Å²) in [6.45, 7) is 1.70. The number of nitrogens with zero attached hydrogens (tertiary/aromatic N) is 2. The minimum Gasteiger partial charge on any atom is -0.348 e. The van der Waals surface area contributed by atoms with Gasteiger partial charge in [0, 0.05) is 28.6 Å². The predicted octanol–water partition coefficient (Wildman–Crippen LogP) is 3.03. The van der Waals surface area contributed by atoms with Crippen molar-refractivity contribution in [1.82, 2.24) is 9.97 Å². The van der Waals surface area contributed by atoms with E-state index in [1.807, 2.05) is 24.3 Å². The van der Waals surface area contributed by atoms with Crippen LogP contribution in [0.15, 0.2) is 35.5 Å². The first kappa shape index (κ1) is 16.2. The summed E-state index contributed by atoms with van der Waals surface area (Å²) < 4.78 is 23.6. The van der Waals surface area contributed by atoms with Crippen LogP contribution in [0.25, 0.3) is 0 Å². The number of sulfone groups is 1. The highest BCUT2D eigenvalue weighted by atomic mass is 35.5. The number of rotatable bonds is 5. The van der Waals surface area contributed by atoms with E-state index in [2.05, 4.69) is 15.3 Å². The fourth-order valence-electron chi connectivity index (χ4n) is 2.59. The zero-order valence-electron chi connectivity index (χ0n) is 13.0. The smallest absolute Gasteiger partial charge is 0.224 e. The minimum atomic E-state index is -3.36. The molecule has 0 bridgehead atoms. The van der Waals surface area contributed by atoms with E-state index in [1.54, 1.807) is 13.1 Å². The second-order valence-corrected chi connectivity index (χ2v) is 8.53. The summed E-state index contributed by atoms with van der Waals surface area (Å²) in [6.07, 6.45) is 5.54. The predicted molar refractivity (Wildman–Crippen MR) is 90.6 cm³/mol. The van der Waals surface area contributed by atoms with Crippen molar-refractivity contribution in [2.45, 2.75) is 36.8 Å². The number of nitrogens with one attached hydrogen (secondary N) is 1. The molecule has 0 aliphatic heterocycles. The van der Waals surface area contributed by atoms with E-state index in [4.69, 9.17) is 11.6 Å². The van der Waals surface area contributed by atoms with Crippen LogP contribution in [0.1, 0.15) is 24.0 Å². The average Bonchev–Trinajstić information content (AvgIpc) is 3.22. The van der Waals surface area contributed by atoms with Crippen molar-refractivity contribution in [3.05, 3.63) is 46.6 Å². The Morgan fingerprint density at radius 1 is 1.26 bits per heavy atom. The van der Waals surface area contributed by atoms with Gasteiger partial charge in [0.25, 0.3) is 0 Å². The molecule has 1 saturated carbocycles. The maximum atomic E-state index is 11.8. The molecule has 1 aromatic carbocycles. The Hall–Kier alpha value is -1.66. The molecular weight excluding hydrogens is 334 g/mol. The standard InChI is InChI=1S/C16H18ClN3O2S/c1-11-10-18-15(19-14(11)23(2,21)22)20-16(7-8-16)9-12-3-5-13(17)6-4-12/h3-6,10H,7-9H2,1-2H3,(H,18,19,20). The first-order valence-electron chi connectivity index (χ1n) is 7.34. The molecular formula is C16H18ClN3O2S. The van der Waals surface area contributed by atoms with E-state index in [1.165, 1.54) is 5.56 Å². The average molecular weight is 352 g/mol. The number of hydrogen-bond donors (Lipinski definition) is 1. The first-order valence-corrected chi connectivity index (χ1v) is 9.61. The molecule has 23 heavy (non-hydrogen) atoms. The molecule has 1 fully saturated rings. The third-order valence-electron chi connectivity index (χ3n) is 3.96. The van der Waals surface area contributed by atoms with Gasteiger partial charge in [-0.05, 0) is 43.9 Å². The summed E-state index contributed by atoms with van der Waals surface area (Å²) in [7, 11) is -3.36. The molecule has 0 saturated heterocycles. The van der Waals surface area contributed by atoms with E-state index < -0.39 is 9.84 Å². The second kappa shape index (κ2) is 5.76. The zero-order chi connectivity index (χ0) is 16.7. The van der Waals surface area contributed by atoms with Crippen molar-refractivity contribution >= 4 is 27.4 Å². The Morgan fingerprint density at radius 2 is 1.91 bits per heavy atom.